The first-order chi connectivity index (χ1) is 13.8. The van der Waals surface area contributed by atoms with Crippen LogP contribution < -0.4 is 21.8 Å². The monoisotopic (exact) mass is 401 g/mol. The van der Waals surface area contributed by atoms with Crippen LogP contribution in [0.1, 0.15) is 31.7 Å². The number of rotatable bonds is 8. The third-order valence-electron chi connectivity index (χ3n) is 4.91. The molecular weight excluding hydrogens is 376 g/mol. The number of anilines is 2. The molecule has 10 nitrogen and oxygen atoms in total. The van der Waals surface area contributed by atoms with Crippen LogP contribution in [0.2, 0.25) is 0 Å². The third kappa shape index (κ3) is 4.03. The quantitative estimate of drug-likeness (QED) is 0.436. The molecule has 0 unspecified atom stereocenters. The van der Waals surface area contributed by atoms with Crippen LogP contribution >= 0.6 is 0 Å². The zero-order valence-corrected chi connectivity index (χ0v) is 16.8. The Morgan fingerprint density at radius 2 is 1.83 bits per heavy atom. The van der Waals surface area contributed by atoms with Gasteiger partial charge in [-0.2, -0.15) is 4.98 Å². The van der Waals surface area contributed by atoms with E-state index >= 15 is 0 Å². The van der Waals surface area contributed by atoms with Gasteiger partial charge in [-0.05, 0) is 24.1 Å². The van der Waals surface area contributed by atoms with E-state index in [2.05, 4.69) is 17.2 Å². The van der Waals surface area contributed by atoms with Crippen LogP contribution in [-0.4, -0.2) is 30.4 Å². The van der Waals surface area contributed by atoms with Gasteiger partial charge < -0.3 is 15.8 Å². The lowest BCUT2D eigenvalue weighted by Crippen LogP contribution is -2.37. The average molecular weight is 401 g/mol. The van der Waals surface area contributed by atoms with Gasteiger partial charge in [0, 0.05) is 20.6 Å². The largest absolute Gasteiger partial charge is 0.733 e. The fraction of sp³-hybridized carbons (Fsp3) is 0.421. The van der Waals surface area contributed by atoms with E-state index in [0.29, 0.717) is 30.2 Å². The molecule has 0 saturated carbocycles. The molecule has 0 fully saturated rings. The number of unbranched alkanes of at least 4 members (excludes halogenated alkanes) is 2. The minimum Gasteiger partial charge on any atom is -0.733 e. The van der Waals surface area contributed by atoms with Crippen LogP contribution in [0.3, 0.4) is 0 Å². The van der Waals surface area contributed by atoms with Gasteiger partial charge in [0.05, 0.1) is 12.2 Å². The molecule has 10 heteroatoms. The first-order valence-electron chi connectivity index (χ1n) is 9.50. The van der Waals surface area contributed by atoms with Crippen LogP contribution in [0.15, 0.2) is 33.9 Å². The number of aryl methyl sites for hydroxylation is 1. The average Bonchev–Trinajstić information content (AvgIpc) is 3.07. The van der Waals surface area contributed by atoms with Gasteiger partial charge in [0.1, 0.15) is 0 Å². The van der Waals surface area contributed by atoms with Crippen molar-refractivity contribution in [3.63, 3.8) is 0 Å². The van der Waals surface area contributed by atoms with Gasteiger partial charge >= 0.3 is 5.69 Å². The van der Waals surface area contributed by atoms with Gasteiger partial charge in [-0.15, -0.1) is 0 Å². The van der Waals surface area contributed by atoms with Crippen molar-refractivity contribution >= 4 is 22.8 Å². The molecule has 2 heterocycles. The highest BCUT2D eigenvalue weighted by Gasteiger charge is 2.19. The summed E-state index contributed by atoms with van der Waals surface area (Å²) < 4.78 is 4.16. The SMILES string of the molecule is CCCCCNc1nc2c(c(=O)n(C)c(=O)n2C)n1Cc1ccc(N([O-])O)cc1. The number of fused-ring (bicyclic) bond motifs is 1. The summed E-state index contributed by atoms with van der Waals surface area (Å²) in [5, 5.41) is 23.1. The van der Waals surface area contributed by atoms with Crippen molar-refractivity contribution in [3.8, 4) is 0 Å². The number of imidazole rings is 1. The highest BCUT2D eigenvalue weighted by atomic mass is 16.8. The summed E-state index contributed by atoms with van der Waals surface area (Å²) in [7, 11) is 3.02. The molecule has 156 valence electrons. The maximum Gasteiger partial charge on any atom is 0.332 e. The van der Waals surface area contributed by atoms with Gasteiger partial charge in [-0.3, -0.25) is 23.7 Å². The predicted molar refractivity (Wildman–Crippen MR) is 111 cm³/mol. The summed E-state index contributed by atoms with van der Waals surface area (Å²) in [5.74, 6) is 0.506. The lowest BCUT2D eigenvalue weighted by molar-refractivity contribution is 0.296. The van der Waals surface area contributed by atoms with Crippen molar-refractivity contribution in [2.24, 2.45) is 14.1 Å². The van der Waals surface area contributed by atoms with Gasteiger partial charge in [-0.25, -0.2) is 4.79 Å². The van der Waals surface area contributed by atoms with Crippen molar-refractivity contribution in [2.75, 3.05) is 17.1 Å². The molecule has 29 heavy (non-hydrogen) atoms. The van der Waals surface area contributed by atoms with Crippen LogP contribution in [-0.2, 0) is 20.6 Å². The van der Waals surface area contributed by atoms with Crippen molar-refractivity contribution in [3.05, 3.63) is 55.9 Å². The standard InChI is InChI=1S/C19H25N6O4/c1-4-5-6-11-20-18-21-16-15(17(26)23(3)19(27)22(16)2)24(18)12-13-7-9-14(10-8-13)25(28)29/h7-10,28H,4-6,11-12H2,1-3H3,(H,20,21)/q-1. The summed E-state index contributed by atoms with van der Waals surface area (Å²) in [5.41, 5.74) is 0.698. The van der Waals surface area contributed by atoms with E-state index < -0.39 is 11.2 Å². The van der Waals surface area contributed by atoms with E-state index in [1.165, 1.54) is 23.7 Å². The molecule has 0 bridgehead atoms. The van der Waals surface area contributed by atoms with Gasteiger partial charge in [0.25, 0.3) is 5.56 Å². The zero-order chi connectivity index (χ0) is 21.1. The molecule has 2 N–H and O–H groups in total. The fourth-order valence-corrected chi connectivity index (χ4v) is 3.22. The number of nitrogens with zero attached hydrogens (tertiary/aromatic N) is 5. The van der Waals surface area contributed by atoms with Crippen LogP contribution in [0.5, 0.6) is 0 Å². The smallest absolute Gasteiger partial charge is 0.332 e. The summed E-state index contributed by atoms with van der Waals surface area (Å²) >= 11 is 0. The second-order valence-corrected chi connectivity index (χ2v) is 6.97. The fourth-order valence-electron chi connectivity index (χ4n) is 3.22. The Morgan fingerprint density at radius 3 is 2.45 bits per heavy atom. The number of aromatic nitrogens is 4. The van der Waals surface area contributed by atoms with Crippen molar-refractivity contribution in [1.29, 1.82) is 0 Å². The maximum absolute atomic E-state index is 12.8. The van der Waals surface area contributed by atoms with E-state index in [-0.39, 0.29) is 10.9 Å². The molecule has 0 saturated heterocycles. The Hall–Kier alpha value is -3.11. The molecule has 0 aliphatic heterocycles. The Balaban J connectivity index is 2.08. The van der Waals surface area contributed by atoms with E-state index in [0.717, 1.165) is 29.4 Å². The normalized spacial score (nSPS) is 11.2. The lowest BCUT2D eigenvalue weighted by atomic mass is 10.2. The molecule has 0 spiro atoms. The Kier molecular flexibility index (Phi) is 6.04. The van der Waals surface area contributed by atoms with Gasteiger partial charge in [0.15, 0.2) is 11.2 Å². The summed E-state index contributed by atoms with van der Waals surface area (Å²) in [6, 6.07) is 6.36. The van der Waals surface area contributed by atoms with E-state index in [9.17, 15) is 14.8 Å². The van der Waals surface area contributed by atoms with E-state index in [1.54, 1.807) is 23.7 Å². The molecule has 2 aromatic heterocycles. The molecule has 3 rings (SSSR count). The molecule has 0 aliphatic rings. The topological polar surface area (TPSA) is 120 Å². The minimum absolute atomic E-state index is 0.112. The predicted octanol–water partition coefficient (Wildman–Crippen LogP) is 1.78. The molecule has 0 atom stereocenters. The molecule has 0 amide bonds. The van der Waals surface area contributed by atoms with E-state index in [1.807, 2.05) is 0 Å². The maximum atomic E-state index is 12.8. The number of nitrogens with one attached hydrogen (secondary N) is 1. The first kappa shape index (κ1) is 20.6. The van der Waals surface area contributed by atoms with Crippen molar-refractivity contribution in [1.82, 2.24) is 18.7 Å². The first-order valence-corrected chi connectivity index (χ1v) is 9.50. The molecule has 1 aromatic carbocycles. The highest BCUT2D eigenvalue weighted by Crippen LogP contribution is 2.20. The highest BCUT2D eigenvalue weighted by molar-refractivity contribution is 5.74. The number of hydrogen-bond acceptors (Lipinski definition) is 7. The second kappa shape index (κ2) is 8.50. The summed E-state index contributed by atoms with van der Waals surface area (Å²) in [4.78, 5) is 29.6. The summed E-state index contributed by atoms with van der Waals surface area (Å²) in [6.07, 6.45) is 3.12. The summed E-state index contributed by atoms with van der Waals surface area (Å²) in [6.45, 7) is 3.12. The Labute approximate surface area is 167 Å². The zero-order valence-electron chi connectivity index (χ0n) is 16.8. The molecular formula is C19H25N6O4-. The van der Waals surface area contributed by atoms with Gasteiger partial charge in [-0.1, -0.05) is 31.9 Å². The Morgan fingerprint density at radius 1 is 1.14 bits per heavy atom. The number of benzene rings is 1. The van der Waals surface area contributed by atoms with E-state index in [4.69, 9.17) is 5.21 Å². The van der Waals surface area contributed by atoms with Crippen molar-refractivity contribution < 1.29 is 5.21 Å². The van der Waals surface area contributed by atoms with Crippen LogP contribution in [0, 0.1) is 5.21 Å². The lowest BCUT2D eigenvalue weighted by Gasteiger charge is -2.21. The van der Waals surface area contributed by atoms with Crippen LogP contribution in [0.25, 0.3) is 11.2 Å². The molecule has 3 aromatic rings. The minimum atomic E-state index is -0.437. The third-order valence-corrected chi connectivity index (χ3v) is 4.91. The molecule has 0 radical (unpaired) electrons. The molecule has 0 aliphatic carbocycles. The van der Waals surface area contributed by atoms with Gasteiger partial charge in [0.2, 0.25) is 5.95 Å². The van der Waals surface area contributed by atoms with Crippen LogP contribution in [0.4, 0.5) is 11.6 Å². The van der Waals surface area contributed by atoms with Crippen molar-refractivity contribution in [2.45, 2.75) is 32.7 Å². The second-order valence-electron chi connectivity index (χ2n) is 6.97. The number of hydrogen-bond donors (Lipinski definition) is 2. The Bertz CT molecular complexity index is 1110.